The molecule has 0 spiro atoms. The van der Waals surface area contributed by atoms with E-state index < -0.39 is 0 Å². The molecule has 1 aromatic carbocycles. The number of hydrogen-bond acceptors (Lipinski definition) is 7. The molecule has 3 aromatic heterocycles. The molecule has 0 unspecified atom stereocenters. The number of carbonyl (C=O) groups is 1. The maximum Gasteiger partial charge on any atom is 0.244 e. The number of rotatable bonds is 6. The zero-order valence-corrected chi connectivity index (χ0v) is 19.6. The van der Waals surface area contributed by atoms with E-state index >= 15 is 0 Å². The SMILES string of the molecule is COc1nc(NC2CC(C)(C(=O)NC3CCC3)C2)nn2ccc(-c3ccc4nnn(C)c4c3)c12. The van der Waals surface area contributed by atoms with Crippen LogP contribution in [0.3, 0.4) is 0 Å². The summed E-state index contributed by atoms with van der Waals surface area (Å²) in [4.78, 5) is 17.3. The Bertz CT molecular complexity index is 1400. The third-order valence-electron chi connectivity index (χ3n) is 7.31. The molecule has 2 fully saturated rings. The van der Waals surface area contributed by atoms with Gasteiger partial charge in [0, 0.05) is 30.9 Å². The molecule has 2 N–H and O–H groups in total. The Morgan fingerprint density at radius 1 is 1.21 bits per heavy atom. The number of methoxy groups -OCH3 is 1. The molecule has 2 aliphatic rings. The summed E-state index contributed by atoms with van der Waals surface area (Å²) in [6.45, 7) is 2.04. The van der Waals surface area contributed by atoms with Gasteiger partial charge in [0.15, 0.2) is 0 Å². The van der Waals surface area contributed by atoms with Crippen LogP contribution in [0.5, 0.6) is 5.88 Å². The minimum absolute atomic E-state index is 0.147. The number of nitrogens with zero attached hydrogens (tertiary/aromatic N) is 6. The molecular formula is C24H28N8O2. The predicted molar refractivity (Wildman–Crippen MR) is 128 cm³/mol. The lowest BCUT2D eigenvalue weighted by Gasteiger charge is -2.45. The van der Waals surface area contributed by atoms with Crippen molar-refractivity contribution < 1.29 is 9.53 Å². The quantitative estimate of drug-likeness (QED) is 0.455. The summed E-state index contributed by atoms with van der Waals surface area (Å²) in [5.41, 5.74) is 4.23. The summed E-state index contributed by atoms with van der Waals surface area (Å²) < 4.78 is 9.20. The Morgan fingerprint density at radius 3 is 2.76 bits per heavy atom. The lowest BCUT2D eigenvalue weighted by molar-refractivity contribution is -0.136. The van der Waals surface area contributed by atoms with E-state index in [1.165, 1.54) is 6.42 Å². The van der Waals surface area contributed by atoms with Crippen molar-refractivity contribution in [1.82, 2.24) is 34.9 Å². The maximum absolute atomic E-state index is 12.6. The first-order valence-electron chi connectivity index (χ1n) is 11.7. The largest absolute Gasteiger partial charge is 0.479 e. The van der Waals surface area contributed by atoms with E-state index in [-0.39, 0.29) is 17.4 Å². The molecule has 1 amide bonds. The van der Waals surface area contributed by atoms with Crippen LogP contribution in [0.2, 0.25) is 0 Å². The summed E-state index contributed by atoms with van der Waals surface area (Å²) >= 11 is 0. The van der Waals surface area contributed by atoms with Gasteiger partial charge in [0.25, 0.3) is 0 Å². The van der Waals surface area contributed by atoms with Gasteiger partial charge >= 0.3 is 0 Å². The van der Waals surface area contributed by atoms with E-state index in [9.17, 15) is 4.79 Å². The molecule has 2 saturated carbocycles. The lowest BCUT2D eigenvalue weighted by Crippen LogP contribution is -2.55. The maximum atomic E-state index is 12.6. The molecule has 3 heterocycles. The Morgan fingerprint density at radius 2 is 2.03 bits per heavy atom. The Kier molecular flexibility index (Phi) is 4.72. The summed E-state index contributed by atoms with van der Waals surface area (Å²) in [5.74, 6) is 1.15. The van der Waals surface area contributed by atoms with Crippen molar-refractivity contribution in [2.24, 2.45) is 12.5 Å². The third kappa shape index (κ3) is 3.36. The number of ether oxygens (including phenoxy) is 1. The van der Waals surface area contributed by atoms with Gasteiger partial charge in [-0.05, 0) is 55.9 Å². The average molecular weight is 461 g/mol. The lowest BCUT2D eigenvalue weighted by atomic mass is 9.66. The van der Waals surface area contributed by atoms with E-state index in [4.69, 9.17) is 4.74 Å². The number of fused-ring (bicyclic) bond motifs is 2. The number of carbonyl (C=O) groups excluding carboxylic acids is 1. The van der Waals surface area contributed by atoms with Crippen LogP contribution < -0.4 is 15.4 Å². The second-order valence-corrected chi connectivity index (χ2v) is 9.80. The van der Waals surface area contributed by atoms with Crippen molar-refractivity contribution in [2.75, 3.05) is 12.4 Å². The van der Waals surface area contributed by atoms with Crippen molar-refractivity contribution in [3.8, 4) is 17.0 Å². The van der Waals surface area contributed by atoms with Gasteiger partial charge in [-0.3, -0.25) is 4.79 Å². The smallest absolute Gasteiger partial charge is 0.244 e. The minimum atomic E-state index is -0.332. The highest BCUT2D eigenvalue weighted by Gasteiger charge is 2.47. The number of amides is 1. The summed E-state index contributed by atoms with van der Waals surface area (Å²) in [5, 5.41) is 19.5. The first-order valence-corrected chi connectivity index (χ1v) is 11.7. The predicted octanol–water partition coefficient (Wildman–Crippen LogP) is 2.94. The molecule has 4 aromatic rings. The monoisotopic (exact) mass is 460 g/mol. The fourth-order valence-electron chi connectivity index (χ4n) is 5.04. The van der Waals surface area contributed by atoms with Crippen molar-refractivity contribution in [2.45, 2.75) is 51.1 Å². The number of hydrogen-bond donors (Lipinski definition) is 2. The average Bonchev–Trinajstić information content (AvgIpc) is 3.37. The van der Waals surface area contributed by atoms with Gasteiger partial charge < -0.3 is 15.4 Å². The van der Waals surface area contributed by atoms with Crippen LogP contribution >= 0.6 is 0 Å². The van der Waals surface area contributed by atoms with Gasteiger partial charge in [-0.2, -0.15) is 4.98 Å². The van der Waals surface area contributed by atoms with Crippen LogP contribution in [-0.4, -0.2) is 54.7 Å². The highest BCUT2D eigenvalue weighted by molar-refractivity contribution is 5.89. The van der Waals surface area contributed by atoms with E-state index in [0.717, 1.165) is 53.4 Å². The van der Waals surface area contributed by atoms with Crippen LogP contribution in [-0.2, 0) is 11.8 Å². The zero-order chi connectivity index (χ0) is 23.4. The number of aryl methyl sites for hydroxylation is 1. The second kappa shape index (κ2) is 7.68. The molecule has 34 heavy (non-hydrogen) atoms. The van der Waals surface area contributed by atoms with Crippen molar-refractivity contribution in [3.63, 3.8) is 0 Å². The zero-order valence-electron chi connectivity index (χ0n) is 19.6. The fourth-order valence-corrected chi connectivity index (χ4v) is 5.04. The second-order valence-electron chi connectivity index (χ2n) is 9.80. The van der Waals surface area contributed by atoms with Crippen LogP contribution in [0.4, 0.5) is 5.95 Å². The molecule has 0 radical (unpaired) electrons. The normalized spacial score (nSPS) is 22.4. The molecule has 10 nitrogen and oxygen atoms in total. The molecule has 2 aliphatic carbocycles. The number of nitrogens with one attached hydrogen (secondary N) is 2. The van der Waals surface area contributed by atoms with Gasteiger partial charge in [-0.25, -0.2) is 9.20 Å². The van der Waals surface area contributed by atoms with Crippen LogP contribution in [0, 0.1) is 5.41 Å². The Hall–Kier alpha value is -3.69. The minimum Gasteiger partial charge on any atom is -0.479 e. The van der Waals surface area contributed by atoms with E-state index in [1.807, 2.05) is 38.4 Å². The topological polar surface area (TPSA) is 111 Å². The standard InChI is InChI=1S/C24H28N8O2/c1-24(22(33)25-15-5-4-6-15)12-16(13-24)26-23-27-21(34-3)20-17(9-10-32(20)29-23)14-7-8-18-19(11-14)31(2)30-28-18/h7-11,15-16H,4-6,12-13H2,1-3H3,(H,25,33)(H,26,29). The van der Waals surface area contributed by atoms with Crippen molar-refractivity contribution in [1.29, 1.82) is 0 Å². The van der Waals surface area contributed by atoms with Gasteiger partial charge in [-0.15, -0.1) is 10.2 Å². The molecule has 6 rings (SSSR count). The van der Waals surface area contributed by atoms with Gasteiger partial charge in [0.2, 0.25) is 17.7 Å². The van der Waals surface area contributed by atoms with E-state index in [2.05, 4.69) is 37.1 Å². The highest BCUT2D eigenvalue weighted by Crippen LogP contribution is 2.43. The Balaban J connectivity index is 1.23. The molecule has 0 atom stereocenters. The van der Waals surface area contributed by atoms with Gasteiger partial charge in [-0.1, -0.05) is 18.2 Å². The summed E-state index contributed by atoms with van der Waals surface area (Å²) in [7, 11) is 3.49. The number of anilines is 1. The number of aromatic nitrogens is 6. The van der Waals surface area contributed by atoms with Gasteiger partial charge in [0.1, 0.15) is 11.0 Å². The summed E-state index contributed by atoms with van der Waals surface area (Å²) in [6.07, 6.45) is 6.83. The van der Waals surface area contributed by atoms with Crippen molar-refractivity contribution >= 4 is 28.4 Å². The molecule has 0 bridgehead atoms. The third-order valence-corrected chi connectivity index (χ3v) is 7.31. The van der Waals surface area contributed by atoms with Crippen LogP contribution in [0.1, 0.15) is 39.0 Å². The number of benzene rings is 1. The van der Waals surface area contributed by atoms with Gasteiger partial charge in [0.05, 0.1) is 18.0 Å². The van der Waals surface area contributed by atoms with Crippen LogP contribution in [0.15, 0.2) is 30.5 Å². The molecular weight excluding hydrogens is 432 g/mol. The molecule has 0 aliphatic heterocycles. The first kappa shape index (κ1) is 20.9. The first-order chi connectivity index (χ1) is 16.4. The van der Waals surface area contributed by atoms with Crippen molar-refractivity contribution in [3.05, 3.63) is 30.5 Å². The Labute approximate surface area is 196 Å². The van der Waals surface area contributed by atoms with Crippen LogP contribution in [0.25, 0.3) is 27.7 Å². The fraction of sp³-hybridized carbons (Fsp3) is 0.458. The summed E-state index contributed by atoms with van der Waals surface area (Å²) in [6, 6.07) is 8.55. The highest BCUT2D eigenvalue weighted by atomic mass is 16.5. The van der Waals surface area contributed by atoms with E-state index in [0.29, 0.717) is 17.9 Å². The molecule has 10 heteroatoms. The van der Waals surface area contributed by atoms with E-state index in [1.54, 1.807) is 16.3 Å². The molecule has 176 valence electrons. The molecule has 0 saturated heterocycles.